The number of hydrogen-bond donors (Lipinski definition) is 2. The van der Waals surface area contributed by atoms with Crippen molar-refractivity contribution in [2.75, 3.05) is 10.6 Å². The lowest BCUT2D eigenvalue weighted by Crippen LogP contribution is -2.41. The van der Waals surface area contributed by atoms with Gasteiger partial charge in [0.15, 0.2) is 0 Å². The molecule has 0 aliphatic rings. The highest BCUT2D eigenvalue weighted by molar-refractivity contribution is 6.14. The molecule has 2 aromatic rings. The fourth-order valence-corrected chi connectivity index (χ4v) is 1.87. The number of nitrogens with one attached hydrogen (secondary N) is 2. The standard InChI is InChI=1S/C18H19FN2O2/c1-12-8-10-13(11-9-12)20-16(22)18(2,3)17(23)21-15-7-5-4-6-14(15)19/h4-11H,1-3H3,(H,20,22)(H,21,23). The van der Waals surface area contributed by atoms with Crippen molar-refractivity contribution in [1.29, 1.82) is 0 Å². The van der Waals surface area contributed by atoms with Gasteiger partial charge in [-0.1, -0.05) is 29.8 Å². The van der Waals surface area contributed by atoms with Crippen LogP contribution in [-0.2, 0) is 9.59 Å². The zero-order valence-electron chi connectivity index (χ0n) is 13.3. The van der Waals surface area contributed by atoms with E-state index in [1.807, 2.05) is 19.1 Å². The van der Waals surface area contributed by atoms with Crippen molar-refractivity contribution in [3.05, 3.63) is 59.9 Å². The predicted molar refractivity (Wildman–Crippen MR) is 88.6 cm³/mol. The number of aryl methyl sites for hydroxylation is 1. The van der Waals surface area contributed by atoms with Crippen LogP contribution in [0.5, 0.6) is 0 Å². The Balaban J connectivity index is 2.10. The molecule has 0 bridgehead atoms. The summed E-state index contributed by atoms with van der Waals surface area (Å²) in [5.41, 5.74) is 0.369. The Kier molecular flexibility index (Phi) is 4.79. The van der Waals surface area contributed by atoms with Crippen molar-refractivity contribution in [1.82, 2.24) is 0 Å². The van der Waals surface area contributed by atoms with Crippen LogP contribution >= 0.6 is 0 Å². The first-order valence-electron chi connectivity index (χ1n) is 7.25. The highest BCUT2D eigenvalue weighted by atomic mass is 19.1. The number of carbonyl (C=O) groups excluding carboxylic acids is 2. The van der Waals surface area contributed by atoms with Gasteiger partial charge in [-0.2, -0.15) is 0 Å². The predicted octanol–water partition coefficient (Wildman–Crippen LogP) is 3.74. The Bertz CT molecular complexity index is 724. The minimum atomic E-state index is -1.35. The molecule has 0 fully saturated rings. The van der Waals surface area contributed by atoms with E-state index >= 15 is 0 Å². The third kappa shape index (κ3) is 3.94. The second-order valence-corrected chi connectivity index (χ2v) is 5.88. The molecular weight excluding hydrogens is 295 g/mol. The molecule has 0 aromatic heterocycles. The monoisotopic (exact) mass is 314 g/mol. The van der Waals surface area contributed by atoms with Crippen LogP contribution in [0, 0.1) is 18.2 Å². The summed E-state index contributed by atoms with van der Waals surface area (Å²) in [5, 5.41) is 5.15. The third-order valence-corrected chi connectivity index (χ3v) is 3.57. The van der Waals surface area contributed by atoms with Gasteiger partial charge < -0.3 is 10.6 Å². The molecule has 5 heteroatoms. The van der Waals surface area contributed by atoms with Gasteiger partial charge in [0, 0.05) is 5.69 Å². The molecular formula is C18H19FN2O2. The molecule has 0 radical (unpaired) electrons. The normalized spacial score (nSPS) is 11.0. The Morgan fingerprint density at radius 1 is 0.913 bits per heavy atom. The van der Waals surface area contributed by atoms with Gasteiger partial charge in [-0.05, 0) is 45.0 Å². The van der Waals surface area contributed by atoms with Crippen molar-refractivity contribution >= 4 is 23.2 Å². The topological polar surface area (TPSA) is 58.2 Å². The third-order valence-electron chi connectivity index (χ3n) is 3.57. The smallest absolute Gasteiger partial charge is 0.239 e. The van der Waals surface area contributed by atoms with Crippen LogP contribution < -0.4 is 10.6 Å². The number of amides is 2. The Labute approximate surface area is 134 Å². The van der Waals surface area contributed by atoms with Gasteiger partial charge in [-0.3, -0.25) is 9.59 Å². The van der Waals surface area contributed by atoms with Crippen LogP contribution in [0.2, 0.25) is 0 Å². The number of rotatable bonds is 4. The molecule has 0 spiro atoms. The Morgan fingerprint density at radius 2 is 1.48 bits per heavy atom. The fraction of sp³-hybridized carbons (Fsp3) is 0.222. The van der Waals surface area contributed by atoms with E-state index in [9.17, 15) is 14.0 Å². The number of carbonyl (C=O) groups is 2. The Hall–Kier alpha value is -2.69. The van der Waals surface area contributed by atoms with Crippen LogP contribution in [0.15, 0.2) is 48.5 Å². The molecule has 0 aliphatic heterocycles. The number of benzene rings is 2. The highest BCUT2D eigenvalue weighted by Gasteiger charge is 2.36. The van der Waals surface area contributed by atoms with Crippen molar-refractivity contribution in [2.24, 2.45) is 5.41 Å². The number of halogens is 1. The van der Waals surface area contributed by atoms with Gasteiger partial charge in [-0.25, -0.2) is 4.39 Å². The molecule has 23 heavy (non-hydrogen) atoms. The fourth-order valence-electron chi connectivity index (χ4n) is 1.87. The summed E-state index contributed by atoms with van der Waals surface area (Å²) in [6, 6.07) is 13.1. The van der Waals surface area contributed by atoms with Gasteiger partial charge in [0.2, 0.25) is 11.8 Å². The molecule has 120 valence electrons. The van der Waals surface area contributed by atoms with E-state index in [-0.39, 0.29) is 5.69 Å². The lowest BCUT2D eigenvalue weighted by atomic mass is 9.90. The second-order valence-electron chi connectivity index (χ2n) is 5.88. The highest BCUT2D eigenvalue weighted by Crippen LogP contribution is 2.23. The van der Waals surface area contributed by atoms with Gasteiger partial charge in [0.1, 0.15) is 11.2 Å². The summed E-state index contributed by atoms with van der Waals surface area (Å²) in [7, 11) is 0. The molecule has 0 unspecified atom stereocenters. The molecule has 2 N–H and O–H groups in total. The number of hydrogen-bond acceptors (Lipinski definition) is 2. The van der Waals surface area contributed by atoms with E-state index in [4.69, 9.17) is 0 Å². The summed E-state index contributed by atoms with van der Waals surface area (Å²) in [4.78, 5) is 24.7. The summed E-state index contributed by atoms with van der Waals surface area (Å²) in [6.07, 6.45) is 0. The van der Waals surface area contributed by atoms with Crippen molar-refractivity contribution in [2.45, 2.75) is 20.8 Å². The first kappa shape index (κ1) is 16.7. The second kappa shape index (κ2) is 6.60. The zero-order chi connectivity index (χ0) is 17.0. The summed E-state index contributed by atoms with van der Waals surface area (Å²) >= 11 is 0. The molecule has 2 amide bonds. The van der Waals surface area contributed by atoms with Crippen LogP contribution in [-0.4, -0.2) is 11.8 Å². The molecule has 2 aromatic carbocycles. The van der Waals surface area contributed by atoms with Gasteiger partial charge >= 0.3 is 0 Å². The average molecular weight is 314 g/mol. The quantitative estimate of drug-likeness (QED) is 0.845. The van der Waals surface area contributed by atoms with Crippen molar-refractivity contribution < 1.29 is 14.0 Å². The maximum Gasteiger partial charge on any atom is 0.239 e. The first-order chi connectivity index (χ1) is 10.8. The lowest BCUT2D eigenvalue weighted by molar-refractivity contribution is -0.135. The molecule has 2 rings (SSSR count). The van der Waals surface area contributed by atoms with E-state index in [1.165, 1.54) is 32.0 Å². The SMILES string of the molecule is Cc1ccc(NC(=O)C(C)(C)C(=O)Nc2ccccc2F)cc1. The van der Waals surface area contributed by atoms with Crippen LogP contribution in [0.4, 0.5) is 15.8 Å². The van der Waals surface area contributed by atoms with E-state index in [0.29, 0.717) is 5.69 Å². The average Bonchev–Trinajstić information content (AvgIpc) is 2.51. The van der Waals surface area contributed by atoms with Crippen LogP contribution in [0.25, 0.3) is 0 Å². The minimum Gasteiger partial charge on any atom is -0.325 e. The zero-order valence-corrected chi connectivity index (χ0v) is 13.3. The summed E-state index contributed by atoms with van der Waals surface area (Å²) in [5.74, 6) is -1.59. The molecule has 0 aliphatic carbocycles. The first-order valence-corrected chi connectivity index (χ1v) is 7.25. The van der Waals surface area contributed by atoms with E-state index < -0.39 is 23.0 Å². The maximum atomic E-state index is 13.6. The van der Waals surface area contributed by atoms with Crippen molar-refractivity contribution in [3.63, 3.8) is 0 Å². The van der Waals surface area contributed by atoms with E-state index in [1.54, 1.807) is 18.2 Å². The molecule has 0 saturated heterocycles. The minimum absolute atomic E-state index is 0.0497. The van der Waals surface area contributed by atoms with Crippen LogP contribution in [0.1, 0.15) is 19.4 Å². The molecule has 0 atom stereocenters. The molecule has 4 nitrogen and oxygen atoms in total. The molecule has 0 heterocycles. The van der Waals surface area contributed by atoms with Gasteiger partial charge in [0.25, 0.3) is 0 Å². The van der Waals surface area contributed by atoms with E-state index in [0.717, 1.165) is 5.56 Å². The molecule has 0 saturated carbocycles. The van der Waals surface area contributed by atoms with Gasteiger partial charge in [0.05, 0.1) is 5.69 Å². The maximum absolute atomic E-state index is 13.6. The summed E-state index contributed by atoms with van der Waals surface area (Å²) in [6.45, 7) is 4.93. The van der Waals surface area contributed by atoms with E-state index in [2.05, 4.69) is 10.6 Å². The number of anilines is 2. The summed E-state index contributed by atoms with van der Waals surface area (Å²) < 4.78 is 13.6. The number of para-hydroxylation sites is 1. The largest absolute Gasteiger partial charge is 0.325 e. The lowest BCUT2D eigenvalue weighted by Gasteiger charge is -2.23. The van der Waals surface area contributed by atoms with Crippen molar-refractivity contribution in [3.8, 4) is 0 Å². The van der Waals surface area contributed by atoms with Gasteiger partial charge in [-0.15, -0.1) is 0 Å². The Morgan fingerprint density at radius 3 is 2.09 bits per heavy atom. The van der Waals surface area contributed by atoms with Crippen LogP contribution in [0.3, 0.4) is 0 Å².